The van der Waals surface area contributed by atoms with Gasteiger partial charge in [-0.3, -0.25) is 0 Å². The van der Waals surface area contributed by atoms with E-state index in [0.717, 1.165) is 17.2 Å². The van der Waals surface area contributed by atoms with Crippen LogP contribution < -0.4 is 24.8 Å². The summed E-state index contributed by atoms with van der Waals surface area (Å²) in [6.07, 6.45) is 1.69. The molecule has 4 rings (SSSR count). The van der Waals surface area contributed by atoms with Gasteiger partial charge in [-0.1, -0.05) is 24.3 Å². The fraction of sp³-hybridized carbons (Fsp3) is 0.158. The summed E-state index contributed by atoms with van der Waals surface area (Å²) in [5.41, 5.74) is 0.803. The van der Waals surface area contributed by atoms with Crippen LogP contribution in [0.25, 0.3) is 0 Å². The van der Waals surface area contributed by atoms with Crippen LogP contribution >= 0.6 is 0 Å². The molecule has 0 fully saturated rings. The summed E-state index contributed by atoms with van der Waals surface area (Å²) in [7, 11) is 0. The number of nitrogens with zero attached hydrogens (tertiary/aromatic N) is 2. The summed E-state index contributed by atoms with van der Waals surface area (Å²) in [6.45, 7) is 1.34. The molecule has 7 nitrogen and oxygen atoms in total. The van der Waals surface area contributed by atoms with E-state index in [9.17, 15) is 0 Å². The molecule has 2 heterocycles. The number of benzene rings is 2. The molecular weight excluding hydrogens is 332 g/mol. The van der Waals surface area contributed by atoms with Crippen LogP contribution in [0, 0.1) is 0 Å². The van der Waals surface area contributed by atoms with Gasteiger partial charge in [-0.15, -0.1) is 0 Å². The number of nitrogens with one attached hydrogen (secondary N) is 2. The number of hydrogen-bond donors (Lipinski definition) is 2. The van der Waals surface area contributed by atoms with E-state index in [1.807, 2.05) is 48.5 Å². The highest BCUT2D eigenvalue weighted by molar-refractivity contribution is 5.69. The Kier molecular flexibility index (Phi) is 4.68. The van der Waals surface area contributed by atoms with Gasteiger partial charge in [0.25, 0.3) is 0 Å². The van der Waals surface area contributed by atoms with Crippen LogP contribution in [0.1, 0.15) is 0 Å². The first-order chi connectivity index (χ1) is 12.9. The average molecular weight is 350 g/mol. The molecule has 3 aromatic rings. The summed E-state index contributed by atoms with van der Waals surface area (Å²) in [6, 6.07) is 17.2. The largest absolute Gasteiger partial charge is 0.492 e. The maximum Gasteiger partial charge on any atom is 0.231 e. The number of para-hydroxylation sites is 2. The first-order valence-corrected chi connectivity index (χ1v) is 8.29. The van der Waals surface area contributed by atoms with E-state index in [1.165, 1.54) is 0 Å². The van der Waals surface area contributed by atoms with Gasteiger partial charge in [-0.2, -0.15) is 4.98 Å². The van der Waals surface area contributed by atoms with E-state index in [2.05, 4.69) is 20.6 Å². The summed E-state index contributed by atoms with van der Waals surface area (Å²) in [5.74, 6) is 3.44. The number of fused-ring (bicyclic) bond motifs is 1. The third-order valence-electron chi connectivity index (χ3n) is 3.71. The monoisotopic (exact) mass is 350 g/mol. The maximum atomic E-state index is 5.64. The molecule has 1 aliphatic rings. The lowest BCUT2D eigenvalue weighted by atomic mass is 10.2. The molecule has 0 saturated heterocycles. The Morgan fingerprint density at radius 3 is 2.85 bits per heavy atom. The zero-order valence-electron chi connectivity index (χ0n) is 14.0. The van der Waals surface area contributed by atoms with Crippen molar-refractivity contribution in [1.29, 1.82) is 0 Å². The summed E-state index contributed by atoms with van der Waals surface area (Å²) >= 11 is 0. The molecule has 26 heavy (non-hydrogen) atoms. The summed E-state index contributed by atoms with van der Waals surface area (Å²) < 4.78 is 16.5. The van der Waals surface area contributed by atoms with Crippen LogP contribution in [0.3, 0.4) is 0 Å². The van der Waals surface area contributed by atoms with Crippen LogP contribution in [0.5, 0.6) is 17.2 Å². The highest BCUT2D eigenvalue weighted by atomic mass is 16.7. The number of ether oxygens (including phenoxy) is 3. The van der Waals surface area contributed by atoms with Gasteiger partial charge in [0.1, 0.15) is 18.2 Å². The van der Waals surface area contributed by atoms with Gasteiger partial charge in [0, 0.05) is 6.20 Å². The lowest BCUT2D eigenvalue weighted by Crippen LogP contribution is -2.13. The van der Waals surface area contributed by atoms with Crippen LogP contribution in [0.4, 0.5) is 17.5 Å². The molecule has 0 aliphatic carbocycles. The number of hydrogen-bond acceptors (Lipinski definition) is 7. The molecule has 0 saturated carbocycles. The lowest BCUT2D eigenvalue weighted by Gasteiger charge is -2.10. The topological polar surface area (TPSA) is 77.5 Å². The van der Waals surface area contributed by atoms with Crippen molar-refractivity contribution in [1.82, 2.24) is 9.97 Å². The summed E-state index contributed by atoms with van der Waals surface area (Å²) in [4.78, 5) is 8.68. The predicted octanol–water partition coefficient (Wildman–Crippen LogP) is 3.44. The third-order valence-corrected chi connectivity index (χ3v) is 3.71. The van der Waals surface area contributed by atoms with Crippen LogP contribution in [-0.2, 0) is 0 Å². The molecule has 0 atom stereocenters. The molecule has 132 valence electrons. The molecule has 0 amide bonds. The zero-order valence-corrected chi connectivity index (χ0v) is 14.0. The zero-order chi connectivity index (χ0) is 17.6. The van der Waals surface area contributed by atoms with Crippen molar-refractivity contribution in [2.75, 3.05) is 30.6 Å². The van der Waals surface area contributed by atoms with Crippen molar-refractivity contribution in [2.45, 2.75) is 0 Å². The smallest absolute Gasteiger partial charge is 0.231 e. The van der Waals surface area contributed by atoms with Gasteiger partial charge >= 0.3 is 0 Å². The normalized spacial score (nSPS) is 11.8. The van der Waals surface area contributed by atoms with Crippen LogP contribution in [-0.4, -0.2) is 29.9 Å². The van der Waals surface area contributed by atoms with E-state index in [1.54, 1.807) is 12.3 Å². The second-order valence-corrected chi connectivity index (χ2v) is 5.52. The average Bonchev–Trinajstić information content (AvgIpc) is 3.16. The molecule has 0 spiro atoms. The minimum atomic E-state index is 0.228. The van der Waals surface area contributed by atoms with E-state index in [4.69, 9.17) is 14.2 Å². The lowest BCUT2D eigenvalue weighted by molar-refractivity contribution is 0.174. The maximum absolute atomic E-state index is 5.64. The predicted molar refractivity (Wildman–Crippen MR) is 98.3 cm³/mol. The van der Waals surface area contributed by atoms with Gasteiger partial charge in [0.15, 0.2) is 11.5 Å². The van der Waals surface area contributed by atoms with Crippen LogP contribution in [0.2, 0.25) is 0 Å². The highest BCUT2D eigenvalue weighted by Crippen LogP contribution is 2.39. The van der Waals surface area contributed by atoms with Gasteiger partial charge in [-0.25, -0.2) is 4.98 Å². The SMILES string of the molecule is c1ccc(OCCNc2nccc(Nc3cccc4c3OCO4)n2)cc1. The summed E-state index contributed by atoms with van der Waals surface area (Å²) in [5, 5.41) is 6.38. The molecule has 2 N–H and O–H groups in total. The van der Waals surface area contributed by atoms with Crippen molar-refractivity contribution in [3.63, 3.8) is 0 Å². The first kappa shape index (κ1) is 16.0. The minimum Gasteiger partial charge on any atom is -0.492 e. The quantitative estimate of drug-likeness (QED) is 0.632. The third kappa shape index (κ3) is 3.77. The molecular formula is C19H18N4O3. The molecule has 1 aromatic heterocycles. The van der Waals surface area contributed by atoms with Crippen molar-refractivity contribution in [3.8, 4) is 17.2 Å². The standard InChI is InChI=1S/C19H18N4O3/c1-2-5-14(6-3-1)24-12-11-21-19-20-10-9-17(23-19)22-15-7-4-8-16-18(15)26-13-25-16/h1-10H,11-13H2,(H2,20,21,22,23). The van der Waals surface area contributed by atoms with E-state index >= 15 is 0 Å². The highest BCUT2D eigenvalue weighted by Gasteiger charge is 2.17. The fourth-order valence-electron chi connectivity index (χ4n) is 2.53. The number of anilines is 3. The Balaban J connectivity index is 1.34. The number of rotatable bonds is 7. The van der Waals surface area contributed by atoms with E-state index < -0.39 is 0 Å². The molecule has 1 aliphatic heterocycles. The molecule has 0 unspecified atom stereocenters. The molecule has 7 heteroatoms. The Morgan fingerprint density at radius 1 is 1.00 bits per heavy atom. The van der Waals surface area contributed by atoms with Gasteiger partial charge in [0.05, 0.1) is 12.2 Å². The van der Waals surface area contributed by atoms with Gasteiger partial charge in [0.2, 0.25) is 12.7 Å². The fourth-order valence-corrected chi connectivity index (χ4v) is 2.53. The molecule has 0 radical (unpaired) electrons. The van der Waals surface area contributed by atoms with Crippen molar-refractivity contribution in [3.05, 3.63) is 60.8 Å². The van der Waals surface area contributed by atoms with Crippen LogP contribution in [0.15, 0.2) is 60.8 Å². The second kappa shape index (κ2) is 7.60. The Bertz CT molecular complexity index is 874. The Hall–Kier alpha value is -3.48. The number of aromatic nitrogens is 2. The Labute approximate surface area is 151 Å². The van der Waals surface area contributed by atoms with Crippen molar-refractivity contribution in [2.24, 2.45) is 0 Å². The van der Waals surface area contributed by atoms with Crippen molar-refractivity contribution >= 4 is 17.5 Å². The van der Waals surface area contributed by atoms with Gasteiger partial charge in [-0.05, 0) is 30.3 Å². The van der Waals surface area contributed by atoms with Crippen molar-refractivity contribution < 1.29 is 14.2 Å². The Morgan fingerprint density at radius 2 is 1.92 bits per heavy atom. The second-order valence-electron chi connectivity index (χ2n) is 5.52. The first-order valence-electron chi connectivity index (χ1n) is 8.29. The minimum absolute atomic E-state index is 0.228. The van der Waals surface area contributed by atoms with E-state index in [-0.39, 0.29) is 6.79 Å². The molecule has 2 aromatic carbocycles. The van der Waals surface area contributed by atoms with E-state index in [0.29, 0.717) is 30.7 Å². The molecule has 0 bridgehead atoms. The van der Waals surface area contributed by atoms with Gasteiger partial charge < -0.3 is 24.8 Å².